The fraction of sp³-hybridized carbons (Fsp3) is 0.0182. The maximum Gasteiger partial charge on any atom is 0.161 e. The highest BCUT2D eigenvalue weighted by Crippen LogP contribution is 2.62. The molecule has 280 valence electrons. The minimum atomic E-state index is -0.660. The van der Waals surface area contributed by atoms with Crippen LogP contribution >= 0.6 is 11.8 Å². The standard InChI is InChI=1S/C55H34N4S/c1-2-14-36(15-3-1)50-32-51(59-54(58-50)39-26-29-49(57-34-39)38-16-12-30-56-33-38)37-24-27-44-42-19-7-6-18-41(42)43-20-8-9-21-45(43)55(48(44)31-37)46-22-10-11-23-52(46)60-53-40-17-5-4-13-35(40)25-28-47(53)55/h1-34H. The Kier molecular flexibility index (Phi) is 7.97. The highest BCUT2D eigenvalue weighted by atomic mass is 32.2. The van der Waals surface area contributed by atoms with Crippen LogP contribution in [0.4, 0.5) is 0 Å². The fourth-order valence-corrected chi connectivity index (χ4v) is 10.8. The van der Waals surface area contributed by atoms with Gasteiger partial charge in [-0.2, -0.15) is 0 Å². The van der Waals surface area contributed by atoms with E-state index >= 15 is 0 Å². The predicted octanol–water partition coefficient (Wildman–Crippen LogP) is 13.6. The van der Waals surface area contributed by atoms with Gasteiger partial charge in [0.15, 0.2) is 5.82 Å². The van der Waals surface area contributed by atoms with Crippen LogP contribution in [0, 0.1) is 0 Å². The summed E-state index contributed by atoms with van der Waals surface area (Å²) in [6.45, 7) is 0. The number of fused-ring (bicyclic) bond motifs is 13. The molecule has 0 saturated carbocycles. The van der Waals surface area contributed by atoms with Crippen molar-refractivity contribution in [3.8, 4) is 67.4 Å². The fourth-order valence-electron chi connectivity index (χ4n) is 9.43. The Hall–Kier alpha value is -7.47. The molecule has 0 saturated heterocycles. The van der Waals surface area contributed by atoms with Crippen LogP contribution in [-0.4, -0.2) is 19.9 Å². The van der Waals surface area contributed by atoms with Crippen molar-refractivity contribution in [2.24, 2.45) is 0 Å². The molecule has 0 amide bonds. The van der Waals surface area contributed by atoms with E-state index in [9.17, 15) is 0 Å². The third-order valence-corrected chi connectivity index (χ3v) is 13.3. The maximum absolute atomic E-state index is 5.36. The SMILES string of the molecule is c1ccc(-c2cc(-c3ccc4c(c3)C3(c5ccccc5Sc5c3ccc3ccccc53)c3ccccc3-c3ccccc3-4)nc(-c3ccc(-c4cccnc4)nc3)n2)cc1. The van der Waals surface area contributed by atoms with Crippen LogP contribution in [0.3, 0.4) is 0 Å². The van der Waals surface area contributed by atoms with Gasteiger partial charge in [0, 0.05) is 50.6 Å². The molecule has 1 aliphatic heterocycles. The Morgan fingerprint density at radius 1 is 0.400 bits per heavy atom. The van der Waals surface area contributed by atoms with Crippen molar-refractivity contribution >= 4 is 22.5 Å². The van der Waals surface area contributed by atoms with Gasteiger partial charge < -0.3 is 0 Å². The lowest BCUT2D eigenvalue weighted by molar-refractivity contribution is 0.711. The van der Waals surface area contributed by atoms with Crippen molar-refractivity contribution in [1.29, 1.82) is 0 Å². The number of hydrogen-bond acceptors (Lipinski definition) is 5. The molecule has 1 atom stereocenters. The summed E-state index contributed by atoms with van der Waals surface area (Å²) in [5.74, 6) is 0.619. The van der Waals surface area contributed by atoms with Gasteiger partial charge in [-0.25, -0.2) is 9.97 Å². The lowest BCUT2D eigenvalue weighted by Crippen LogP contribution is -2.34. The van der Waals surface area contributed by atoms with Crippen molar-refractivity contribution in [2.75, 3.05) is 0 Å². The summed E-state index contributed by atoms with van der Waals surface area (Å²) in [6, 6.07) is 68.0. The summed E-state index contributed by atoms with van der Waals surface area (Å²) < 4.78 is 0. The van der Waals surface area contributed by atoms with Gasteiger partial charge in [-0.15, -0.1) is 0 Å². The molecular weight excluding hydrogens is 749 g/mol. The number of hydrogen-bond donors (Lipinski definition) is 0. The van der Waals surface area contributed by atoms with Crippen molar-refractivity contribution < 1.29 is 0 Å². The minimum absolute atomic E-state index is 0.619. The van der Waals surface area contributed by atoms with Crippen LogP contribution < -0.4 is 0 Å². The van der Waals surface area contributed by atoms with Crippen LogP contribution in [-0.2, 0) is 5.41 Å². The van der Waals surface area contributed by atoms with E-state index in [1.165, 1.54) is 65.1 Å². The molecule has 1 unspecified atom stereocenters. The number of benzene rings is 7. The van der Waals surface area contributed by atoms with Crippen molar-refractivity contribution in [3.63, 3.8) is 0 Å². The second kappa shape index (κ2) is 13.8. The molecule has 1 spiro atoms. The van der Waals surface area contributed by atoms with E-state index in [4.69, 9.17) is 15.0 Å². The summed E-state index contributed by atoms with van der Waals surface area (Å²) >= 11 is 1.89. The number of nitrogens with zero attached hydrogens (tertiary/aromatic N) is 4. The first kappa shape index (κ1) is 34.6. The maximum atomic E-state index is 5.36. The van der Waals surface area contributed by atoms with Crippen LogP contribution in [0.5, 0.6) is 0 Å². The van der Waals surface area contributed by atoms with Crippen molar-refractivity contribution in [3.05, 3.63) is 229 Å². The second-order valence-corrected chi connectivity index (χ2v) is 16.4. The molecule has 12 rings (SSSR count). The minimum Gasteiger partial charge on any atom is -0.264 e. The first-order valence-corrected chi connectivity index (χ1v) is 21.0. The summed E-state index contributed by atoms with van der Waals surface area (Å²) in [4.78, 5) is 22.2. The van der Waals surface area contributed by atoms with Gasteiger partial charge in [0.2, 0.25) is 0 Å². The van der Waals surface area contributed by atoms with Gasteiger partial charge in [-0.1, -0.05) is 157 Å². The van der Waals surface area contributed by atoms with E-state index < -0.39 is 5.41 Å². The first-order valence-electron chi connectivity index (χ1n) is 20.2. The topological polar surface area (TPSA) is 51.6 Å². The Bertz CT molecular complexity index is 3290. The molecule has 3 aromatic heterocycles. The molecule has 0 fully saturated rings. The number of rotatable bonds is 4. The molecule has 2 aliphatic rings. The van der Waals surface area contributed by atoms with Gasteiger partial charge in [-0.3, -0.25) is 9.97 Å². The quantitative estimate of drug-likeness (QED) is 0.178. The average Bonchev–Trinajstić information content (AvgIpc) is 3.43. The van der Waals surface area contributed by atoms with Crippen LogP contribution in [0.1, 0.15) is 22.3 Å². The van der Waals surface area contributed by atoms with Crippen molar-refractivity contribution in [1.82, 2.24) is 19.9 Å². The van der Waals surface area contributed by atoms with E-state index in [-0.39, 0.29) is 0 Å². The Labute approximate surface area is 352 Å². The largest absolute Gasteiger partial charge is 0.264 e. The third-order valence-electron chi connectivity index (χ3n) is 12.1. The van der Waals surface area contributed by atoms with Crippen LogP contribution in [0.25, 0.3) is 78.2 Å². The summed E-state index contributed by atoms with van der Waals surface area (Å²) in [7, 11) is 0. The monoisotopic (exact) mass is 782 g/mol. The molecule has 10 aromatic rings. The van der Waals surface area contributed by atoms with E-state index in [0.29, 0.717) is 5.82 Å². The van der Waals surface area contributed by atoms with Crippen LogP contribution in [0.15, 0.2) is 216 Å². The molecule has 7 aromatic carbocycles. The highest BCUT2D eigenvalue weighted by Gasteiger charge is 2.48. The van der Waals surface area contributed by atoms with Crippen LogP contribution in [0.2, 0.25) is 0 Å². The molecule has 4 nitrogen and oxygen atoms in total. The Balaban J connectivity index is 1.15. The molecule has 1 aliphatic carbocycles. The molecule has 60 heavy (non-hydrogen) atoms. The summed E-state index contributed by atoms with van der Waals surface area (Å²) in [5.41, 5.74) is 15.7. The number of aromatic nitrogens is 4. The lowest BCUT2D eigenvalue weighted by atomic mass is 9.62. The predicted molar refractivity (Wildman–Crippen MR) is 244 cm³/mol. The molecule has 0 N–H and O–H groups in total. The van der Waals surface area contributed by atoms with Gasteiger partial charge in [-0.05, 0) is 97.7 Å². The zero-order chi connectivity index (χ0) is 39.6. The van der Waals surface area contributed by atoms with Gasteiger partial charge in [0.25, 0.3) is 0 Å². The first-order chi connectivity index (χ1) is 29.7. The summed E-state index contributed by atoms with van der Waals surface area (Å²) in [5, 5.41) is 2.50. The molecule has 0 radical (unpaired) electrons. The number of pyridine rings is 2. The van der Waals surface area contributed by atoms with E-state index in [0.717, 1.165) is 39.3 Å². The van der Waals surface area contributed by atoms with Gasteiger partial charge in [0.05, 0.1) is 22.5 Å². The highest BCUT2D eigenvalue weighted by molar-refractivity contribution is 7.99. The lowest BCUT2D eigenvalue weighted by Gasteiger charge is -2.43. The Morgan fingerprint density at radius 3 is 1.88 bits per heavy atom. The van der Waals surface area contributed by atoms with E-state index in [1.54, 1.807) is 6.20 Å². The smallest absolute Gasteiger partial charge is 0.161 e. The van der Waals surface area contributed by atoms with E-state index in [2.05, 4.69) is 169 Å². The second-order valence-electron chi connectivity index (χ2n) is 15.4. The van der Waals surface area contributed by atoms with Gasteiger partial charge >= 0.3 is 0 Å². The third kappa shape index (κ3) is 5.33. The molecular formula is C55H34N4S. The molecule has 4 heterocycles. The zero-order valence-corrected chi connectivity index (χ0v) is 33.1. The van der Waals surface area contributed by atoms with Gasteiger partial charge in [0.1, 0.15) is 0 Å². The average molecular weight is 783 g/mol. The summed E-state index contributed by atoms with van der Waals surface area (Å²) in [6.07, 6.45) is 5.48. The normalized spacial score (nSPS) is 14.7. The Morgan fingerprint density at radius 2 is 1.08 bits per heavy atom. The molecule has 5 heteroatoms. The van der Waals surface area contributed by atoms with Crippen molar-refractivity contribution in [2.45, 2.75) is 15.2 Å². The van der Waals surface area contributed by atoms with E-state index in [1.807, 2.05) is 48.4 Å². The molecule has 0 bridgehead atoms. The zero-order valence-electron chi connectivity index (χ0n) is 32.3.